The van der Waals surface area contributed by atoms with E-state index < -0.39 is 10.9 Å². The normalized spacial score (nSPS) is 14.8. The number of rotatable bonds is 5. The number of anilines is 1. The van der Waals surface area contributed by atoms with Gasteiger partial charge in [0.2, 0.25) is 10.9 Å². The van der Waals surface area contributed by atoms with E-state index in [9.17, 15) is 9.59 Å². The average Bonchev–Trinajstić information content (AvgIpc) is 2.79. The predicted molar refractivity (Wildman–Crippen MR) is 133 cm³/mol. The molecule has 0 atom stereocenters. The Balaban J connectivity index is 1.87. The van der Waals surface area contributed by atoms with Gasteiger partial charge in [0.1, 0.15) is 11.5 Å². The van der Waals surface area contributed by atoms with Crippen molar-refractivity contribution in [2.75, 3.05) is 18.0 Å². The van der Waals surface area contributed by atoms with Crippen LogP contribution in [0.1, 0.15) is 45.7 Å². The summed E-state index contributed by atoms with van der Waals surface area (Å²) in [7, 11) is 0. The molecule has 4 nitrogen and oxygen atoms in total. The van der Waals surface area contributed by atoms with Gasteiger partial charge in [0.15, 0.2) is 0 Å². The van der Waals surface area contributed by atoms with Crippen LogP contribution < -0.4 is 20.5 Å². The lowest BCUT2D eigenvalue weighted by molar-refractivity contribution is 0.291. The Hall–Kier alpha value is -3.40. The summed E-state index contributed by atoms with van der Waals surface area (Å²) in [4.78, 5) is 27.2. The van der Waals surface area contributed by atoms with E-state index in [1.54, 1.807) is 0 Å². The van der Waals surface area contributed by atoms with Crippen molar-refractivity contribution >= 4 is 17.3 Å². The largest absolute Gasteiger partial charge is 0.460 e. The van der Waals surface area contributed by atoms with Crippen LogP contribution in [0.5, 0.6) is 5.75 Å². The molecule has 32 heavy (non-hydrogen) atoms. The molecule has 3 aromatic rings. The summed E-state index contributed by atoms with van der Waals surface area (Å²) >= 11 is 0. The van der Waals surface area contributed by atoms with Crippen LogP contribution in [-0.2, 0) is 0 Å². The summed E-state index contributed by atoms with van der Waals surface area (Å²) in [5.74, 6) is 1.60. The molecule has 4 heteroatoms. The van der Waals surface area contributed by atoms with Crippen LogP contribution in [0.4, 0.5) is 5.69 Å². The molecule has 0 N–H and O–H groups in total. The van der Waals surface area contributed by atoms with Crippen molar-refractivity contribution < 1.29 is 4.74 Å². The molecule has 0 aliphatic carbocycles. The standard InChI is InChI=1S/C28H29NO3/c1-6-29(7-2)20-13-14-21-19(16-24(28(3,4)5)32-23(21)17-20)15-22-25(27(31)26(22)30)18-11-9-8-10-12-18/h8-17H,6-7H2,1-5H3. The maximum atomic E-state index is 12.5. The topological polar surface area (TPSA) is 46.6 Å². The van der Waals surface area contributed by atoms with Crippen LogP contribution >= 0.6 is 0 Å². The van der Waals surface area contributed by atoms with Gasteiger partial charge in [0, 0.05) is 46.9 Å². The molecule has 3 aromatic carbocycles. The van der Waals surface area contributed by atoms with E-state index in [0.717, 1.165) is 47.0 Å². The van der Waals surface area contributed by atoms with Gasteiger partial charge in [0.05, 0.1) is 0 Å². The number of hydrogen-bond acceptors (Lipinski definition) is 4. The molecule has 0 bridgehead atoms. The number of ether oxygens (including phenoxy) is 1. The zero-order valence-electron chi connectivity index (χ0n) is 19.4. The Morgan fingerprint density at radius 1 is 0.938 bits per heavy atom. The van der Waals surface area contributed by atoms with Crippen molar-refractivity contribution in [1.82, 2.24) is 0 Å². The SMILES string of the molecule is CCN(CC)c1ccc2c(c1)OC(C(C)(C)C)=CC2=Cc1c(-c2ccccc2)c(=O)c1=O. The minimum Gasteiger partial charge on any atom is -0.460 e. The molecule has 0 fully saturated rings. The molecule has 0 spiro atoms. The highest BCUT2D eigenvalue weighted by Gasteiger charge is 2.28. The molecule has 4 rings (SSSR count). The summed E-state index contributed by atoms with van der Waals surface area (Å²) in [6.45, 7) is 12.4. The van der Waals surface area contributed by atoms with E-state index in [1.807, 2.05) is 48.6 Å². The summed E-state index contributed by atoms with van der Waals surface area (Å²) in [6.07, 6.45) is 3.83. The van der Waals surface area contributed by atoms with Gasteiger partial charge in [-0.3, -0.25) is 9.59 Å². The molecule has 0 saturated carbocycles. The third-order valence-electron chi connectivity index (χ3n) is 5.96. The lowest BCUT2D eigenvalue weighted by Gasteiger charge is -2.30. The van der Waals surface area contributed by atoms with E-state index in [0.29, 0.717) is 11.1 Å². The van der Waals surface area contributed by atoms with Crippen LogP contribution in [0, 0.1) is 5.41 Å². The molecule has 0 saturated heterocycles. The van der Waals surface area contributed by atoms with Gasteiger partial charge >= 0.3 is 0 Å². The second-order valence-electron chi connectivity index (χ2n) is 9.13. The van der Waals surface area contributed by atoms with Crippen LogP contribution in [0.15, 0.2) is 70.0 Å². The number of hydrogen-bond donors (Lipinski definition) is 0. The van der Waals surface area contributed by atoms with Crippen LogP contribution in [0.2, 0.25) is 0 Å². The third-order valence-corrected chi connectivity index (χ3v) is 5.96. The Morgan fingerprint density at radius 3 is 2.25 bits per heavy atom. The highest BCUT2D eigenvalue weighted by molar-refractivity contribution is 5.95. The molecule has 0 aromatic heterocycles. The Kier molecular flexibility index (Phi) is 5.64. The van der Waals surface area contributed by atoms with Gasteiger partial charge in [-0.05, 0) is 49.3 Å². The van der Waals surface area contributed by atoms with Crippen LogP contribution in [0.25, 0.3) is 22.8 Å². The highest BCUT2D eigenvalue weighted by atomic mass is 16.5. The number of benzene rings is 2. The van der Waals surface area contributed by atoms with Crippen molar-refractivity contribution in [3.8, 4) is 16.9 Å². The monoisotopic (exact) mass is 427 g/mol. The minimum atomic E-state index is -0.435. The maximum Gasteiger partial charge on any atom is 0.234 e. The first kappa shape index (κ1) is 21.8. The Labute approximate surface area is 189 Å². The van der Waals surface area contributed by atoms with Crippen molar-refractivity contribution in [2.24, 2.45) is 5.41 Å². The second-order valence-corrected chi connectivity index (χ2v) is 9.13. The van der Waals surface area contributed by atoms with Crippen LogP contribution in [-0.4, -0.2) is 13.1 Å². The fourth-order valence-electron chi connectivity index (χ4n) is 4.07. The molecule has 0 unspecified atom stereocenters. The van der Waals surface area contributed by atoms with Gasteiger partial charge < -0.3 is 9.64 Å². The minimum absolute atomic E-state index is 0.210. The van der Waals surface area contributed by atoms with Gasteiger partial charge in [-0.25, -0.2) is 0 Å². The highest BCUT2D eigenvalue weighted by Crippen LogP contribution is 2.42. The summed E-state index contributed by atoms with van der Waals surface area (Å²) in [6, 6.07) is 15.6. The maximum absolute atomic E-state index is 12.5. The first-order valence-corrected chi connectivity index (χ1v) is 11.1. The zero-order chi connectivity index (χ0) is 23.0. The molecule has 1 aliphatic heterocycles. The molecule has 164 valence electrons. The van der Waals surface area contributed by atoms with E-state index in [1.165, 1.54) is 0 Å². The zero-order valence-corrected chi connectivity index (χ0v) is 19.4. The Bertz CT molecular complexity index is 1280. The van der Waals surface area contributed by atoms with Gasteiger partial charge in [-0.2, -0.15) is 0 Å². The molecule has 0 radical (unpaired) electrons. The van der Waals surface area contributed by atoms with Gasteiger partial charge in [0.25, 0.3) is 0 Å². The van der Waals surface area contributed by atoms with Gasteiger partial charge in [-0.15, -0.1) is 0 Å². The first-order valence-electron chi connectivity index (χ1n) is 11.1. The number of fused-ring (bicyclic) bond motifs is 1. The molecule has 1 aliphatic rings. The smallest absolute Gasteiger partial charge is 0.234 e. The Morgan fingerprint density at radius 2 is 1.62 bits per heavy atom. The first-order chi connectivity index (χ1) is 15.2. The predicted octanol–water partition coefficient (Wildman–Crippen LogP) is 5.66. The fourth-order valence-corrected chi connectivity index (χ4v) is 4.07. The van der Waals surface area contributed by atoms with Crippen LogP contribution in [0.3, 0.4) is 0 Å². The van der Waals surface area contributed by atoms with Crippen molar-refractivity contribution in [2.45, 2.75) is 34.6 Å². The average molecular weight is 428 g/mol. The quantitative estimate of drug-likeness (QED) is 0.493. The fraction of sp³-hybridized carbons (Fsp3) is 0.286. The van der Waals surface area contributed by atoms with Crippen molar-refractivity contribution in [1.29, 1.82) is 0 Å². The lowest BCUT2D eigenvalue weighted by Crippen LogP contribution is -2.35. The lowest BCUT2D eigenvalue weighted by atomic mass is 9.87. The number of nitrogens with zero attached hydrogens (tertiary/aromatic N) is 1. The van der Waals surface area contributed by atoms with Gasteiger partial charge in [-0.1, -0.05) is 51.1 Å². The summed E-state index contributed by atoms with van der Waals surface area (Å²) < 4.78 is 6.32. The molecule has 1 heterocycles. The van der Waals surface area contributed by atoms with E-state index >= 15 is 0 Å². The summed E-state index contributed by atoms with van der Waals surface area (Å²) in [5.41, 5.74) is 3.55. The van der Waals surface area contributed by atoms with Crippen molar-refractivity contribution in [3.05, 3.63) is 91.9 Å². The summed E-state index contributed by atoms with van der Waals surface area (Å²) in [5, 5.41) is 0. The number of allylic oxidation sites excluding steroid dienone is 3. The van der Waals surface area contributed by atoms with E-state index in [-0.39, 0.29) is 5.41 Å². The van der Waals surface area contributed by atoms with E-state index in [2.05, 4.69) is 51.7 Å². The second kappa shape index (κ2) is 8.27. The molecular formula is C28H29NO3. The van der Waals surface area contributed by atoms with Crippen molar-refractivity contribution in [3.63, 3.8) is 0 Å². The molecule has 0 amide bonds. The third kappa shape index (κ3) is 3.81. The molecular weight excluding hydrogens is 398 g/mol. The van der Waals surface area contributed by atoms with E-state index in [4.69, 9.17) is 4.74 Å².